The van der Waals surface area contributed by atoms with Gasteiger partial charge in [0.2, 0.25) is 0 Å². The third kappa shape index (κ3) is 2.29. The molecule has 80 valence electrons. The summed E-state index contributed by atoms with van der Waals surface area (Å²) in [6.45, 7) is 2.06. The Balaban J connectivity index is 2.36. The molecular formula is C10H9BrClNS2. The van der Waals surface area contributed by atoms with E-state index in [9.17, 15) is 0 Å². The van der Waals surface area contributed by atoms with Crippen LogP contribution in [0.3, 0.4) is 0 Å². The minimum absolute atomic E-state index is 0.104. The lowest BCUT2D eigenvalue weighted by Crippen LogP contribution is -2.08. The second-order valence-corrected chi connectivity index (χ2v) is 6.97. The molecule has 2 heterocycles. The lowest BCUT2D eigenvalue weighted by atomic mass is 10.2. The van der Waals surface area contributed by atoms with E-state index in [1.807, 2.05) is 11.4 Å². The van der Waals surface area contributed by atoms with Gasteiger partial charge in [-0.05, 0) is 45.9 Å². The molecule has 0 saturated carbocycles. The number of thiophene rings is 2. The van der Waals surface area contributed by atoms with E-state index in [0.29, 0.717) is 0 Å². The maximum atomic E-state index is 6.16. The highest BCUT2D eigenvalue weighted by Gasteiger charge is 2.16. The van der Waals surface area contributed by atoms with Crippen LogP contribution in [-0.4, -0.2) is 0 Å². The van der Waals surface area contributed by atoms with Crippen molar-refractivity contribution in [3.05, 3.63) is 41.6 Å². The molecule has 2 aromatic heterocycles. The second-order valence-electron chi connectivity index (χ2n) is 3.22. The molecule has 2 aromatic rings. The molecular weight excluding hydrogens is 314 g/mol. The Morgan fingerprint density at radius 2 is 2.27 bits per heavy atom. The van der Waals surface area contributed by atoms with Crippen molar-refractivity contribution in [3.8, 4) is 0 Å². The highest BCUT2D eigenvalue weighted by atomic mass is 79.9. The molecule has 1 unspecified atom stereocenters. The Hall–Kier alpha value is 0.130. The van der Waals surface area contributed by atoms with Gasteiger partial charge in [-0.3, -0.25) is 0 Å². The number of rotatable bonds is 2. The first-order valence-electron chi connectivity index (χ1n) is 4.34. The van der Waals surface area contributed by atoms with Crippen molar-refractivity contribution in [2.45, 2.75) is 13.0 Å². The van der Waals surface area contributed by atoms with Crippen LogP contribution in [0.2, 0.25) is 5.02 Å². The predicted octanol–water partition coefficient (Wildman–Crippen LogP) is 4.58. The molecule has 0 bridgehead atoms. The quantitative estimate of drug-likeness (QED) is 0.860. The summed E-state index contributed by atoms with van der Waals surface area (Å²) in [5.74, 6) is 0. The zero-order chi connectivity index (χ0) is 11.0. The van der Waals surface area contributed by atoms with Gasteiger partial charge in [-0.25, -0.2) is 0 Å². The molecule has 0 amide bonds. The first kappa shape index (κ1) is 11.6. The topological polar surface area (TPSA) is 26.0 Å². The smallest absolute Gasteiger partial charge is 0.0755 e. The lowest BCUT2D eigenvalue weighted by molar-refractivity contribution is 0.916. The van der Waals surface area contributed by atoms with Gasteiger partial charge < -0.3 is 5.73 Å². The minimum atomic E-state index is -0.104. The first-order chi connectivity index (χ1) is 7.09. The van der Waals surface area contributed by atoms with E-state index >= 15 is 0 Å². The molecule has 0 aromatic carbocycles. The van der Waals surface area contributed by atoms with E-state index in [1.165, 1.54) is 5.56 Å². The highest BCUT2D eigenvalue weighted by molar-refractivity contribution is 9.11. The summed E-state index contributed by atoms with van der Waals surface area (Å²) in [7, 11) is 0. The maximum Gasteiger partial charge on any atom is 0.0755 e. The van der Waals surface area contributed by atoms with E-state index in [1.54, 1.807) is 22.7 Å². The van der Waals surface area contributed by atoms with Gasteiger partial charge in [0.1, 0.15) is 0 Å². The summed E-state index contributed by atoms with van der Waals surface area (Å²) >= 11 is 12.8. The average Bonchev–Trinajstić information content (AvgIpc) is 2.74. The normalized spacial score (nSPS) is 13.1. The maximum absolute atomic E-state index is 6.16. The van der Waals surface area contributed by atoms with Crippen molar-refractivity contribution in [3.63, 3.8) is 0 Å². The van der Waals surface area contributed by atoms with Crippen LogP contribution in [0.1, 0.15) is 21.4 Å². The first-order valence-corrected chi connectivity index (χ1v) is 7.20. The summed E-state index contributed by atoms with van der Waals surface area (Å²) in [6.07, 6.45) is 0. The molecule has 5 heteroatoms. The molecule has 0 fully saturated rings. The minimum Gasteiger partial charge on any atom is -0.319 e. The monoisotopic (exact) mass is 321 g/mol. The Kier molecular flexibility index (Phi) is 3.52. The SMILES string of the molecule is Cc1cc(C(N)c2sccc2Cl)sc1Br. The van der Waals surface area contributed by atoms with Crippen molar-refractivity contribution in [1.82, 2.24) is 0 Å². The number of hydrogen-bond donors (Lipinski definition) is 1. The number of hydrogen-bond acceptors (Lipinski definition) is 3. The van der Waals surface area contributed by atoms with Crippen molar-refractivity contribution in [2.24, 2.45) is 5.73 Å². The van der Waals surface area contributed by atoms with Crippen LogP contribution in [-0.2, 0) is 0 Å². The van der Waals surface area contributed by atoms with Gasteiger partial charge >= 0.3 is 0 Å². The van der Waals surface area contributed by atoms with Crippen LogP contribution in [0.4, 0.5) is 0 Å². The summed E-state index contributed by atoms with van der Waals surface area (Å²) in [6, 6.07) is 3.89. The molecule has 1 nitrogen and oxygen atoms in total. The molecule has 15 heavy (non-hydrogen) atoms. The van der Waals surface area contributed by atoms with Crippen LogP contribution in [0.25, 0.3) is 0 Å². The molecule has 0 aliphatic carbocycles. The van der Waals surface area contributed by atoms with Gasteiger partial charge in [-0.2, -0.15) is 0 Å². The number of aryl methyl sites for hydroxylation is 1. The van der Waals surface area contributed by atoms with Crippen LogP contribution < -0.4 is 5.73 Å². The van der Waals surface area contributed by atoms with E-state index in [2.05, 4.69) is 28.9 Å². The van der Waals surface area contributed by atoms with Gasteiger partial charge in [-0.1, -0.05) is 11.6 Å². The Labute approximate surface area is 110 Å². The Bertz CT molecular complexity index is 458. The molecule has 0 radical (unpaired) electrons. The van der Waals surface area contributed by atoms with Crippen molar-refractivity contribution >= 4 is 50.2 Å². The predicted molar refractivity (Wildman–Crippen MR) is 72.1 cm³/mol. The molecule has 0 aliphatic heterocycles. The Morgan fingerprint density at radius 1 is 1.53 bits per heavy atom. The van der Waals surface area contributed by atoms with Gasteiger partial charge in [0.15, 0.2) is 0 Å². The lowest BCUT2D eigenvalue weighted by Gasteiger charge is -2.07. The summed E-state index contributed by atoms with van der Waals surface area (Å²) < 4.78 is 1.14. The average molecular weight is 323 g/mol. The molecule has 0 saturated heterocycles. The fraction of sp³-hybridized carbons (Fsp3) is 0.200. The largest absolute Gasteiger partial charge is 0.319 e. The zero-order valence-electron chi connectivity index (χ0n) is 7.96. The van der Waals surface area contributed by atoms with E-state index in [4.69, 9.17) is 17.3 Å². The van der Waals surface area contributed by atoms with Crippen molar-refractivity contribution < 1.29 is 0 Å². The zero-order valence-corrected chi connectivity index (χ0v) is 11.9. The van der Waals surface area contributed by atoms with Crippen LogP contribution in [0.5, 0.6) is 0 Å². The standard InChI is InChI=1S/C10H9BrClNS2/c1-5-4-7(15-10(5)11)8(13)9-6(12)2-3-14-9/h2-4,8H,13H2,1H3. The highest BCUT2D eigenvalue weighted by Crippen LogP contribution is 2.37. The van der Waals surface area contributed by atoms with Crippen LogP contribution in [0.15, 0.2) is 21.3 Å². The van der Waals surface area contributed by atoms with Gasteiger partial charge in [0.05, 0.1) is 14.9 Å². The van der Waals surface area contributed by atoms with Crippen molar-refractivity contribution in [1.29, 1.82) is 0 Å². The van der Waals surface area contributed by atoms with Crippen LogP contribution in [0, 0.1) is 6.92 Å². The molecule has 0 spiro atoms. The third-order valence-corrected chi connectivity index (χ3v) is 5.77. The number of nitrogens with two attached hydrogens (primary N) is 1. The molecule has 2 N–H and O–H groups in total. The van der Waals surface area contributed by atoms with Crippen LogP contribution >= 0.6 is 50.2 Å². The summed E-state index contributed by atoms with van der Waals surface area (Å²) in [5, 5.41) is 2.72. The fourth-order valence-corrected chi connectivity index (χ4v) is 4.14. The summed E-state index contributed by atoms with van der Waals surface area (Å²) in [5.41, 5.74) is 7.38. The van der Waals surface area contributed by atoms with Gasteiger partial charge in [-0.15, -0.1) is 22.7 Å². The van der Waals surface area contributed by atoms with Gasteiger partial charge in [0, 0.05) is 9.75 Å². The summed E-state index contributed by atoms with van der Waals surface area (Å²) in [4.78, 5) is 2.18. The van der Waals surface area contributed by atoms with Gasteiger partial charge in [0.25, 0.3) is 0 Å². The van der Waals surface area contributed by atoms with E-state index < -0.39 is 0 Å². The second kappa shape index (κ2) is 4.55. The van der Waals surface area contributed by atoms with E-state index in [0.717, 1.165) is 18.6 Å². The number of halogens is 2. The molecule has 1 atom stereocenters. The fourth-order valence-electron chi connectivity index (χ4n) is 1.29. The third-order valence-electron chi connectivity index (χ3n) is 2.11. The Morgan fingerprint density at radius 3 is 2.73 bits per heavy atom. The molecule has 0 aliphatic rings. The molecule has 2 rings (SSSR count). The van der Waals surface area contributed by atoms with Crippen molar-refractivity contribution in [2.75, 3.05) is 0 Å². The van der Waals surface area contributed by atoms with E-state index in [-0.39, 0.29) is 6.04 Å².